The van der Waals surface area contributed by atoms with Crippen molar-refractivity contribution in [2.24, 2.45) is 11.8 Å². The van der Waals surface area contributed by atoms with Crippen molar-refractivity contribution in [1.29, 1.82) is 5.26 Å². The van der Waals surface area contributed by atoms with Gasteiger partial charge in [0.1, 0.15) is 0 Å². The van der Waals surface area contributed by atoms with E-state index in [9.17, 15) is 22.8 Å². The van der Waals surface area contributed by atoms with E-state index in [1.807, 2.05) is 6.07 Å². The van der Waals surface area contributed by atoms with Crippen LogP contribution in [0.3, 0.4) is 0 Å². The third-order valence-corrected chi connectivity index (χ3v) is 3.84. The first-order valence-corrected chi connectivity index (χ1v) is 7.03. The van der Waals surface area contributed by atoms with Gasteiger partial charge in [0.05, 0.1) is 23.5 Å². The Morgan fingerprint density at radius 3 is 2.62 bits per heavy atom. The number of amides is 2. The molecule has 1 saturated heterocycles. The molecule has 128 valence electrons. The van der Waals surface area contributed by atoms with E-state index in [4.69, 9.17) is 10.4 Å². The average Bonchev–Trinajstić information content (AvgIpc) is 2.98. The molecule has 1 aliphatic rings. The predicted octanol–water partition coefficient (Wildman–Crippen LogP) is 1.96. The number of alkyl halides is 3. The largest absolute Gasteiger partial charge is 0.481 e. The maximum Gasteiger partial charge on any atom is 0.394 e. The Morgan fingerprint density at radius 2 is 2.08 bits per heavy atom. The number of benzene rings is 1. The summed E-state index contributed by atoms with van der Waals surface area (Å²) in [7, 11) is 0. The van der Waals surface area contributed by atoms with E-state index in [-0.39, 0.29) is 6.54 Å². The molecule has 2 rings (SSSR count). The fourth-order valence-electron chi connectivity index (χ4n) is 2.59. The van der Waals surface area contributed by atoms with Gasteiger partial charge in [0.25, 0.3) is 0 Å². The number of carbonyl (C=O) groups excluding carboxylic acids is 1. The summed E-state index contributed by atoms with van der Waals surface area (Å²) in [6.07, 6.45) is -4.68. The first-order chi connectivity index (χ1) is 11.2. The molecule has 6 nitrogen and oxygen atoms in total. The molecule has 2 N–H and O–H groups in total. The number of aliphatic carboxylic acids is 1. The number of carboxylic acids is 1. The molecule has 24 heavy (non-hydrogen) atoms. The second-order valence-electron chi connectivity index (χ2n) is 5.47. The van der Waals surface area contributed by atoms with E-state index in [1.54, 1.807) is 24.3 Å². The molecule has 0 aromatic heterocycles. The first-order valence-electron chi connectivity index (χ1n) is 7.03. The van der Waals surface area contributed by atoms with Crippen LogP contribution in [0.5, 0.6) is 0 Å². The minimum absolute atomic E-state index is 0.0271. The minimum atomic E-state index is -4.68. The highest BCUT2D eigenvalue weighted by molar-refractivity contribution is 5.77. The molecule has 0 aliphatic carbocycles. The van der Waals surface area contributed by atoms with Crippen molar-refractivity contribution < 1.29 is 27.9 Å². The van der Waals surface area contributed by atoms with Crippen LogP contribution in [0.15, 0.2) is 24.3 Å². The third kappa shape index (κ3) is 3.95. The van der Waals surface area contributed by atoms with Crippen LogP contribution in [0.2, 0.25) is 0 Å². The highest BCUT2D eigenvalue weighted by atomic mass is 19.4. The van der Waals surface area contributed by atoms with Crippen LogP contribution in [-0.4, -0.2) is 41.3 Å². The van der Waals surface area contributed by atoms with E-state index in [0.29, 0.717) is 11.1 Å². The molecule has 0 bridgehead atoms. The van der Waals surface area contributed by atoms with Gasteiger partial charge in [0.15, 0.2) is 0 Å². The number of nitriles is 1. The van der Waals surface area contributed by atoms with Crippen molar-refractivity contribution in [1.82, 2.24) is 10.2 Å². The zero-order chi connectivity index (χ0) is 17.9. The van der Waals surface area contributed by atoms with Crippen LogP contribution in [0.1, 0.15) is 11.1 Å². The number of carbonyl (C=O) groups is 2. The standard InChI is InChI=1S/C15H14F3N3O3/c16-15(17,18)12-8-21(7-11(12)13(22)23)14(24)20-6-10-3-1-2-9(4-10)5-19/h1-4,11-12H,6-8H2,(H,20,24)(H,22,23)/t11-,12-/m1/s1. The minimum Gasteiger partial charge on any atom is -0.481 e. The van der Waals surface area contributed by atoms with Crippen molar-refractivity contribution in [3.05, 3.63) is 35.4 Å². The number of hydrogen-bond acceptors (Lipinski definition) is 3. The monoisotopic (exact) mass is 341 g/mol. The van der Waals surface area contributed by atoms with Crippen molar-refractivity contribution in [2.45, 2.75) is 12.7 Å². The summed E-state index contributed by atoms with van der Waals surface area (Å²) in [4.78, 5) is 23.8. The Kier molecular flexibility index (Phi) is 4.97. The Balaban J connectivity index is 2.00. The lowest BCUT2D eigenvalue weighted by Crippen LogP contribution is -2.39. The summed E-state index contributed by atoms with van der Waals surface area (Å²) in [5, 5.41) is 20.2. The number of nitrogens with zero attached hydrogens (tertiary/aromatic N) is 2. The predicted molar refractivity (Wildman–Crippen MR) is 75.6 cm³/mol. The fraction of sp³-hybridized carbons (Fsp3) is 0.400. The summed E-state index contributed by atoms with van der Waals surface area (Å²) in [6, 6.07) is 7.57. The molecule has 0 saturated carbocycles. The van der Waals surface area contributed by atoms with E-state index >= 15 is 0 Å². The summed E-state index contributed by atoms with van der Waals surface area (Å²) < 4.78 is 38.7. The van der Waals surface area contributed by atoms with Crippen LogP contribution in [0, 0.1) is 23.2 Å². The number of halogens is 3. The number of likely N-dealkylation sites (tertiary alicyclic amines) is 1. The maximum atomic E-state index is 12.9. The number of urea groups is 1. The van der Waals surface area contributed by atoms with Crippen LogP contribution in [0.25, 0.3) is 0 Å². The SMILES string of the molecule is N#Cc1cccc(CNC(=O)N2C[C@@H](C(F)(F)F)[C@H](C(=O)O)C2)c1. The molecular weight excluding hydrogens is 327 g/mol. The summed E-state index contributed by atoms with van der Waals surface area (Å²) in [5.41, 5.74) is 1.01. The Hall–Kier alpha value is -2.76. The van der Waals surface area contributed by atoms with E-state index < -0.39 is 43.1 Å². The molecule has 1 heterocycles. The van der Waals surface area contributed by atoms with E-state index in [2.05, 4.69) is 5.32 Å². The van der Waals surface area contributed by atoms with Crippen molar-refractivity contribution in [3.63, 3.8) is 0 Å². The highest BCUT2D eigenvalue weighted by Crippen LogP contribution is 2.37. The van der Waals surface area contributed by atoms with E-state index in [1.165, 1.54) is 0 Å². The molecular formula is C15H14F3N3O3. The molecule has 0 radical (unpaired) electrons. The third-order valence-electron chi connectivity index (χ3n) is 3.84. The topological polar surface area (TPSA) is 93.4 Å². The molecule has 9 heteroatoms. The lowest BCUT2D eigenvalue weighted by Gasteiger charge is -2.18. The molecule has 0 spiro atoms. The lowest BCUT2D eigenvalue weighted by molar-refractivity contribution is -0.187. The molecule has 1 aromatic carbocycles. The molecule has 2 amide bonds. The van der Waals surface area contributed by atoms with Gasteiger partial charge in [0.2, 0.25) is 0 Å². The molecule has 0 unspecified atom stereocenters. The average molecular weight is 341 g/mol. The number of nitrogens with one attached hydrogen (secondary N) is 1. The van der Waals surface area contributed by atoms with Gasteiger partial charge in [-0.25, -0.2) is 4.79 Å². The van der Waals surface area contributed by atoms with Crippen LogP contribution >= 0.6 is 0 Å². The van der Waals surface area contributed by atoms with Crippen LogP contribution < -0.4 is 5.32 Å². The fourth-order valence-corrected chi connectivity index (χ4v) is 2.59. The Labute approximate surface area is 135 Å². The van der Waals surface area contributed by atoms with Gasteiger partial charge in [-0.15, -0.1) is 0 Å². The normalized spacial score (nSPS) is 20.5. The Morgan fingerprint density at radius 1 is 1.38 bits per heavy atom. The second-order valence-corrected chi connectivity index (χ2v) is 5.47. The molecule has 1 aromatic rings. The summed E-state index contributed by atoms with van der Waals surface area (Å²) in [5.74, 6) is -5.32. The van der Waals surface area contributed by atoms with Crippen molar-refractivity contribution in [3.8, 4) is 6.07 Å². The van der Waals surface area contributed by atoms with Crippen molar-refractivity contribution >= 4 is 12.0 Å². The highest BCUT2D eigenvalue weighted by Gasteiger charge is 2.53. The summed E-state index contributed by atoms with van der Waals surface area (Å²) >= 11 is 0. The zero-order valence-electron chi connectivity index (χ0n) is 12.4. The number of rotatable bonds is 3. The second kappa shape index (κ2) is 6.78. The summed E-state index contributed by atoms with van der Waals surface area (Å²) in [6.45, 7) is -1.16. The quantitative estimate of drug-likeness (QED) is 0.879. The zero-order valence-corrected chi connectivity index (χ0v) is 12.4. The van der Waals surface area contributed by atoms with Crippen LogP contribution in [0.4, 0.5) is 18.0 Å². The van der Waals surface area contributed by atoms with Gasteiger partial charge < -0.3 is 15.3 Å². The Bertz CT molecular complexity index is 685. The first kappa shape index (κ1) is 17.6. The smallest absolute Gasteiger partial charge is 0.394 e. The number of carboxylic acid groups (broad SMARTS) is 1. The maximum absolute atomic E-state index is 12.9. The van der Waals surface area contributed by atoms with Gasteiger partial charge in [0, 0.05) is 19.6 Å². The van der Waals surface area contributed by atoms with Gasteiger partial charge >= 0.3 is 18.2 Å². The lowest BCUT2D eigenvalue weighted by atomic mass is 9.96. The van der Waals surface area contributed by atoms with Gasteiger partial charge in [-0.3, -0.25) is 4.79 Å². The molecule has 1 aliphatic heterocycles. The van der Waals surface area contributed by atoms with Gasteiger partial charge in [-0.2, -0.15) is 18.4 Å². The number of hydrogen-bond donors (Lipinski definition) is 2. The van der Waals surface area contributed by atoms with E-state index in [0.717, 1.165) is 4.90 Å². The van der Waals surface area contributed by atoms with Crippen LogP contribution in [-0.2, 0) is 11.3 Å². The molecule has 1 fully saturated rings. The van der Waals surface area contributed by atoms with Gasteiger partial charge in [-0.1, -0.05) is 12.1 Å². The molecule has 2 atom stereocenters. The van der Waals surface area contributed by atoms with Gasteiger partial charge in [-0.05, 0) is 17.7 Å². The van der Waals surface area contributed by atoms with Crippen molar-refractivity contribution in [2.75, 3.05) is 13.1 Å².